The van der Waals surface area contributed by atoms with E-state index in [1.807, 2.05) is 0 Å². The predicted octanol–water partition coefficient (Wildman–Crippen LogP) is 3.43. The highest BCUT2D eigenvalue weighted by Gasteiger charge is 2.24. The highest BCUT2D eigenvalue weighted by atomic mass is 79.9. The van der Waals surface area contributed by atoms with Crippen molar-refractivity contribution >= 4 is 31.7 Å². The van der Waals surface area contributed by atoms with Gasteiger partial charge in [-0.15, -0.1) is 0 Å². The smallest absolute Gasteiger partial charge is 0.340 e. The summed E-state index contributed by atoms with van der Waals surface area (Å²) in [5.41, 5.74) is 0.234. The molecule has 0 radical (unpaired) electrons. The van der Waals surface area contributed by atoms with E-state index in [4.69, 9.17) is 4.18 Å². The molecule has 21 heavy (non-hydrogen) atoms. The standard InChI is InChI=1S/C13H10BrNO5S/c1-9-6-7-12(11(8-9)15(16)17)20-21(18,19)13-5-3-2-4-10(13)14/h2-8H,1H3. The Bertz CT molecular complexity index is 804. The highest BCUT2D eigenvalue weighted by molar-refractivity contribution is 9.10. The van der Waals surface area contributed by atoms with Crippen molar-refractivity contribution < 1.29 is 17.5 Å². The zero-order chi connectivity index (χ0) is 15.6. The van der Waals surface area contributed by atoms with Gasteiger partial charge in [0.25, 0.3) is 0 Å². The molecule has 0 heterocycles. The minimum atomic E-state index is -4.16. The number of nitrogens with zero attached hydrogens (tertiary/aromatic N) is 1. The first-order valence-corrected chi connectivity index (χ1v) is 7.95. The van der Waals surface area contributed by atoms with Crippen LogP contribution in [0.2, 0.25) is 0 Å². The van der Waals surface area contributed by atoms with Crippen LogP contribution in [-0.4, -0.2) is 13.3 Å². The van der Waals surface area contributed by atoms with Crippen LogP contribution in [-0.2, 0) is 10.1 Å². The molecule has 0 N–H and O–H groups in total. The summed E-state index contributed by atoms with van der Waals surface area (Å²) in [6.07, 6.45) is 0. The average molecular weight is 372 g/mol. The van der Waals surface area contributed by atoms with Gasteiger partial charge in [-0.25, -0.2) is 0 Å². The summed E-state index contributed by atoms with van der Waals surface area (Å²) in [7, 11) is -4.16. The number of aryl methyl sites for hydroxylation is 1. The van der Waals surface area contributed by atoms with E-state index in [2.05, 4.69) is 15.9 Å². The quantitative estimate of drug-likeness (QED) is 0.466. The Balaban J connectivity index is 2.47. The van der Waals surface area contributed by atoms with Gasteiger partial charge in [0.15, 0.2) is 0 Å². The maximum Gasteiger partial charge on any atom is 0.340 e. The van der Waals surface area contributed by atoms with E-state index in [1.165, 1.54) is 30.3 Å². The fraction of sp³-hybridized carbons (Fsp3) is 0.0769. The van der Waals surface area contributed by atoms with Crippen molar-refractivity contribution in [2.75, 3.05) is 0 Å². The van der Waals surface area contributed by atoms with Gasteiger partial charge < -0.3 is 4.18 Å². The fourth-order valence-corrected chi connectivity index (χ4v) is 3.55. The molecule has 0 amide bonds. The topological polar surface area (TPSA) is 86.5 Å². The molecule has 110 valence electrons. The van der Waals surface area contributed by atoms with Crippen molar-refractivity contribution in [1.29, 1.82) is 0 Å². The first kappa shape index (κ1) is 15.5. The summed E-state index contributed by atoms with van der Waals surface area (Å²) >= 11 is 3.11. The van der Waals surface area contributed by atoms with Crippen LogP contribution in [0.25, 0.3) is 0 Å². The molecular formula is C13H10BrNO5S. The summed E-state index contributed by atoms with van der Waals surface area (Å²) in [6, 6.07) is 10.1. The van der Waals surface area contributed by atoms with E-state index in [0.29, 0.717) is 10.0 Å². The first-order chi connectivity index (χ1) is 9.81. The normalized spacial score (nSPS) is 11.1. The lowest BCUT2D eigenvalue weighted by atomic mass is 10.2. The maximum atomic E-state index is 12.2. The third-order valence-corrected chi connectivity index (χ3v) is 4.86. The SMILES string of the molecule is Cc1ccc(OS(=O)(=O)c2ccccc2Br)c([N+](=O)[O-])c1. The fourth-order valence-electron chi connectivity index (χ4n) is 1.65. The Morgan fingerprint density at radius 1 is 1.19 bits per heavy atom. The zero-order valence-corrected chi connectivity index (χ0v) is 13.2. The minimum absolute atomic E-state index is 0.0973. The van der Waals surface area contributed by atoms with Crippen LogP contribution in [0.4, 0.5) is 5.69 Å². The molecule has 0 aliphatic rings. The number of hydrogen-bond acceptors (Lipinski definition) is 5. The molecule has 0 saturated carbocycles. The highest BCUT2D eigenvalue weighted by Crippen LogP contribution is 2.32. The van der Waals surface area contributed by atoms with Gasteiger partial charge in [0.05, 0.1) is 4.92 Å². The zero-order valence-electron chi connectivity index (χ0n) is 10.8. The molecule has 0 bridgehead atoms. The Morgan fingerprint density at radius 3 is 2.48 bits per heavy atom. The number of rotatable bonds is 4. The molecule has 0 atom stereocenters. The van der Waals surface area contributed by atoms with Crippen molar-refractivity contribution in [3.8, 4) is 5.75 Å². The minimum Gasteiger partial charge on any atom is -0.372 e. The van der Waals surface area contributed by atoms with Crippen molar-refractivity contribution in [2.24, 2.45) is 0 Å². The second-order valence-electron chi connectivity index (χ2n) is 4.20. The van der Waals surface area contributed by atoms with Crippen LogP contribution >= 0.6 is 15.9 Å². The first-order valence-electron chi connectivity index (χ1n) is 5.75. The molecule has 8 heteroatoms. The molecule has 0 saturated heterocycles. The molecule has 0 aliphatic carbocycles. The Labute approximate surface area is 129 Å². The lowest BCUT2D eigenvalue weighted by molar-refractivity contribution is -0.385. The summed E-state index contributed by atoms with van der Waals surface area (Å²) in [4.78, 5) is 10.2. The number of nitro benzene ring substituents is 1. The van der Waals surface area contributed by atoms with Crippen LogP contribution in [0.3, 0.4) is 0 Å². The Kier molecular flexibility index (Phi) is 4.29. The van der Waals surface area contributed by atoms with Gasteiger partial charge in [-0.2, -0.15) is 8.42 Å². The van der Waals surface area contributed by atoms with Gasteiger partial charge in [0.1, 0.15) is 4.90 Å². The van der Waals surface area contributed by atoms with E-state index < -0.39 is 20.7 Å². The van der Waals surface area contributed by atoms with Crippen molar-refractivity contribution in [2.45, 2.75) is 11.8 Å². The van der Waals surface area contributed by atoms with Crippen molar-refractivity contribution in [3.05, 3.63) is 62.6 Å². The second-order valence-corrected chi connectivity index (χ2v) is 6.57. The lowest BCUT2D eigenvalue weighted by Gasteiger charge is -2.09. The second kappa shape index (κ2) is 5.82. The van der Waals surface area contributed by atoms with E-state index in [1.54, 1.807) is 19.1 Å². The number of benzene rings is 2. The molecule has 0 unspecified atom stereocenters. The van der Waals surface area contributed by atoms with Crippen molar-refractivity contribution in [1.82, 2.24) is 0 Å². The van der Waals surface area contributed by atoms with E-state index in [9.17, 15) is 18.5 Å². The number of nitro groups is 1. The molecule has 0 fully saturated rings. The molecule has 6 nitrogen and oxygen atoms in total. The summed E-state index contributed by atoms with van der Waals surface area (Å²) in [5, 5.41) is 11.0. The van der Waals surface area contributed by atoms with Gasteiger partial charge >= 0.3 is 15.8 Å². The van der Waals surface area contributed by atoms with E-state index >= 15 is 0 Å². The molecule has 2 rings (SSSR count). The Hall–Kier alpha value is -1.93. The molecule has 0 aromatic heterocycles. The van der Waals surface area contributed by atoms with Crippen LogP contribution in [0.5, 0.6) is 5.75 Å². The summed E-state index contributed by atoms with van der Waals surface area (Å²) in [5.74, 6) is -0.318. The maximum absolute atomic E-state index is 12.2. The van der Waals surface area contributed by atoms with Crippen LogP contribution in [0, 0.1) is 17.0 Å². The summed E-state index contributed by atoms with van der Waals surface area (Å²) in [6.45, 7) is 1.67. The lowest BCUT2D eigenvalue weighted by Crippen LogP contribution is -2.11. The molecule has 0 aliphatic heterocycles. The van der Waals surface area contributed by atoms with Gasteiger partial charge in [0, 0.05) is 10.5 Å². The van der Waals surface area contributed by atoms with Gasteiger partial charge in [-0.05, 0) is 46.6 Å². The monoisotopic (exact) mass is 371 g/mol. The van der Waals surface area contributed by atoms with Gasteiger partial charge in [-0.1, -0.05) is 18.2 Å². The van der Waals surface area contributed by atoms with Crippen LogP contribution in [0.1, 0.15) is 5.56 Å². The molecule has 2 aromatic carbocycles. The van der Waals surface area contributed by atoms with E-state index in [-0.39, 0.29) is 10.6 Å². The molecular weight excluding hydrogens is 362 g/mol. The third-order valence-electron chi connectivity index (χ3n) is 2.62. The average Bonchev–Trinajstić information content (AvgIpc) is 2.40. The van der Waals surface area contributed by atoms with Crippen LogP contribution in [0.15, 0.2) is 51.8 Å². The predicted molar refractivity (Wildman–Crippen MR) is 79.8 cm³/mol. The Morgan fingerprint density at radius 2 is 1.86 bits per heavy atom. The largest absolute Gasteiger partial charge is 0.372 e. The molecule has 2 aromatic rings. The summed E-state index contributed by atoms with van der Waals surface area (Å²) < 4.78 is 29.7. The molecule has 0 spiro atoms. The van der Waals surface area contributed by atoms with Gasteiger partial charge in [0.2, 0.25) is 5.75 Å². The van der Waals surface area contributed by atoms with Crippen LogP contribution < -0.4 is 4.18 Å². The number of halogens is 1. The van der Waals surface area contributed by atoms with Crippen molar-refractivity contribution in [3.63, 3.8) is 0 Å². The third kappa shape index (κ3) is 3.40. The van der Waals surface area contributed by atoms with Gasteiger partial charge in [-0.3, -0.25) is 10.1 Å². The number of hydrogen-bond donors (Lipinski definition) is 0. The van der Waals surface area contributed by atoms with E-state index in [0.717, 1.165) is 0 Å².